The molecule has 4 rings (SSSR count). The van der Waals surface area contributed by atoms with Crippen LogP contribution in [-0.4, -0.2) is 56.2 Å². The lowest BCUT2D eigenvalue weighted by molar-refractivity contribution is -0.0674. The molecule has 0 saturated carbocycles. The summed E-state index contributed by atoms with van der Waals surface area (Å²) in [4.78, 5) is 22.1. The molecule has 3 aromatic rings. The molecule has 146 valence electrons. The molecule has 11 heteroatoms. The van der Waals surface area contributed by atoms with E-state index in [1.807, 2.05) is 19.1 Å². The highest BCUT2D eigenvalue weighted by Crippen LogP contribution is 2.27. The number of aromatic nitrogens is 4. The van der Waals surface area contributed by atoms with E-state index in [4.69, 9.17) is 5.73 Å². The van der Waals surface area contributed by atoms with Crippen molar-refractivity contribution in [2.24, 2.45) is 5.73 Å². The van der Waals surface area contributed by atoms with E-state index >= 15 is 0 Å². The molecule has 1 unspecified atom stereocenters. The molecule has 28 heavy (non-hydrogen) atoms. The van der Waals surface area contributed by atoms with Crippen LogP contribution in [0.4, 0.5) is 19.4 Å². The van der Waals surface area contributed by atoms with Crippen LogP contribution in [0.2, 0.25) is 0 Å². The number of nitrogens with two attached hydrogens (primary N) is 1. The number of hydrogen-bond donors (Lipinski definition) is 2. The van der Waals surface area contributed by atoms with Crippen LogP contribution < -0.4 is 11.1 Å². The summed E-state index contributed by atoms with van der Waals surface area (Å²) >= 11 is 1.42. The molecule has 1 atom stereocenters. The van der Waals surface area contributed by atoms with E-state index in [1.165, 1.54) is 11.3 Å². The van der Waals surface area contributed by atoms with Crippen LogP contribution in [0.3, 0.4) is 0 Å². The van der Waals surface area contributed by atoms with E-state index in [2.05, 4.69) is 25.5 Å². The van der Waals surface area contributed by atoms with Crippen LogP contribution >= 0.6 is 11.3 Å². The number of likely N-dealkylation sites (tertiary alicyclic amines) is 1. The molecule has 1 saturated heterocycles. The Balaban J connectivity index is 1.55. The summed E-state index contributed by atoms with van der Waals surface area (Å²) in [6.45, 7) is 1.30. The minimum atomic E-state index is -3.11. The monoisotopic (exact) mass is 405 g/mol. The number of rotatable bonds is 2. The Morgan fingerprint density at radius 1 is 1.39 bits per heavy atom. The van der Waals surface area contributed by atoms with Crippen LogP contribution in [0.5, 0.6) is 0 Å². The zero-order valence-corrected chi connectivity index (χ0v) is 15.7. The number of amides is 2. The number of carbonyl (C=O) groups is 1. The van der Waals surface area contributed by atoms with E-state index in [9.17, 15) is 13.6 Å². The first-order chi connectivity index (χ1) is 13.3. The van der Waals surface area contributed by atoms with Crippen molar-refractivity contribution in [3.8, 4) is 10.7 Å². The molecule has 1 fully saturated rings. The fraction of sp³-hybridized carbons (Fsp3) is 0.353. The van der Waals surface area contributed by atoms with Gasteiger partial charge in [0.1, 0.15) is 16.5 Å². The zero-order valence-electron chi connectivity index (χ0n) is 14.9. The van der Waals surface area contributed by atoms with Gasteiger partial charge in [-0.2, -0.15) is 0 Å². The van der Waals surface area contributed by atoms with Gasteiger partial charge in [-0.05, 0) is 25.5 Å². The van der Waals surface area contributed by atoms with Gasteiger partial charge in [-0.1, -0.05) is 11.3 Å². The molecular weight excluding hydrogens is 388 g/mol. The molecule has 8 nitrogen and oxygen atoms in total. The fourth-order valence-electron chi connectivity index (χ4n) is 2.92. The van der Waals surface area contributed by atoms with Gasteiger partial charge in [0, 0.05) is 24.2 Å². The Morgan fingerprint density at radius 2 is 2.21 bits per heavy atom. The molecule has 0 aromatic carbocycles. The van der Waals surface area contributed by atoms with E-state index in [1.54, 1.807) is 12.3 Å². The highest BCUT2D eigenvalue weighted by atomic mass is 32.1. The predicted molar refractivity (Wildman–Crippen MR) is 101 cm³/mol. The van der Waals surface area contributed by atoms with E-state index < -0.39 is 24.5 Å². The van der Waals surface area contributed by atoms with E-state index in [0.717, 1.165) is 15.3 Å². The van der Waals surface area contributed by atoms with Crippen LogP contribution in [0.1, 0.15) is 11.4 Å². The van der Waals surface area contributed by atoms with Gasteiger partial charge in [0.05, 0.1) is 18.1 Å². The molecule has 0 bridgehead atoms. The number of fused-ring (bicyclic) bond motifs is 1. The Bertz CT molecular complexity index is 1040. The molecule has 3 aromatic heterocycles. The average molecular weight is 405 g/mol. The lowest BCUT2D eigenvalue weighted by Crippen LogP contribution is -2.57. The zero-order chi connectivity index (χ0) is 19.9. The van der Waals surface area contributed by atoms with Gasteiger partial charge in [-0.3, -0.25) is 5.32 Å². The number of nitrogens with one attached hydrogen (secondary N) is 1. The summed E-state index contributed by atoms with van der Waals surface area (Å²) in [6, 6.07) is 3.38. The van der Waals surface area contributed by atoms with E-state index in [-0.39, 0.29) is 18.8 Å². The third-order valence-electron chi connectivity index (χ3n) is 4.50. The quantitative estimate of drug-likeness (QED) is 0.678. The van der Waals surface area contributed by atoms with Crippen molar-refractivity contribution >= 4 is 34.1 Å². The number of pyridine rings is 2. The van der Waals surface area contributed by atoms with Crippen molar-refractivity contribution in [3.05, 3.63) is 29.4 Å². The van der Waals surface area contributed by atoms with Gasteiger partial charge >= 0.3 is 6.03 Å². The molecule has 1 aliphatic rings. The smallest absolute Gasteiger partial charge is 0.323 e. The average Bonchev–Trinajstić information content (AvgIpc) is 3.09. The number of nitrogens with zero attached hydrogens (tertiary/aromatic N) is 5. The minimum absolute atomic E-state index is 0.0394. The second-order valence-corrected chi connectivity index (χ2v) is 7.77. The largest absolute Gasteiger partial charge is 0.323 e. The number of urea groups is 1. The number of anilines is 1. The highest BCUT2D eigenvalue weighted by molar-refractivity contribution is 7.14. The summed E-state index contributed by atoms with van der Waals surface area (Å²) < 4.78 is 27.6. The SMILES string of the molecule is Cc1nnc(-c2ccc3cnc(NC(=O)N4CCC(N)C(F)(F)C4)cc3n2)s1. The lowest BCUT2D eigenvalue weighted by atomic mass is 10.0. The van der Waals surface area contributed by atoms with Crippen molar-refractivity contribution < 1.29 is 13.6 Å². The van der Waals surface area contributed by atoms with Crippen LogP contribution in [0.25, 0.3) is 21.6 Å². The summed E-state index contributed by atoms with van der Waals surface area (Å²) in [6.07, 6.45) is 1.60. The third-order valence-corrected chi connectivity index (χ3v) is 5.36. The summed E-state index contributed by atoms with van der Waals surface area (Å²) in [7, 11) is 0. The number of piperidine rings is 1. The maximum Gasteiger partial charge on any atom is 0.323 e. The van der Waals surface area contributed by atoms with Gasteiger partial charge in [0.15, 0.2) is 5.01 Å². The Labute approximate surface area is 162 Å². The number of carbonyl (C=O) groups excluding carboxylic acids is 1. The second kappa shape index (κ2) is 6.99. The van der Waals surface area contributed by atoms with Crippen LogP contribution in [-0.2, 0) is 0 Å². The molecule has 0 aliphatic carbocycles. The lowest BCUT2D eigenvalue weighted by Gasteiger charge is -2.36. The Morgan fingerprint density at radius 3 is 2.93 bits per heavy atom. The Kier molecular flexibility index (Phi) is 4.63. The maximum atomic E-state index is 13.8. The number of hydrogen-bond acceptors (Lipinski definition) is 7. The van der Waals surface area contributed by atoms with E-state index in [0.29, 0.717) is 16.2 Å². The van der Waals surface area contributed by atoms with Gasteiger partial charge in [-0.15, -0.1) is 10.2 Å². The standard InChI is InChI=1S/C17H17F2N7OS/c1-9-24-25-15(28-9)11-3-2-10-7-21-14(6-12(10)22-11)23-16(27)26-5-4-13(20)17(18,19)8-26/h2-3,6-7,13H,4-5,8,20H2,1H3,(H,21,23,27). The van der Waals surface area contributed by atoms with Gasteiger partial charge < -0.3 is 10.6 Å². The van der Waals surface area contributed by atoms with Crippen molar-refractivity contribution in [2.75, 3.05) is 18.4 Å². The normalized spacial score (nSPS) is 19.0. The van der Waals surface area contributed by atoms with Crippen molar-refractivity contribution in [3.63, 3.8) is 0 Å². The first-order valence-corrected chi connectivity index (χ1v) is 9.40. The first-order valence-electron chi connectivity index (χ1n) is 8.58. The molecule has 2 amide bonds. The van der Waals surface area contributed by atoms with Crippen molar-refractivity contribution in [2.45, 2.75) is 25.3 Å². The Hall–Kier alpha value is -2.79. The summed E-state index contributed by atoms with van der Waals surface area (Å²) in [5, 5.41) is 12.9. The molecule has 4 heterocycles. The van der Waals surface area contributed by atoms with Gasteiger partial charge in [0.2, 0.25) is 0 Å². The number of aryl methyl sites for hydroxylation is 1. The summed E-state index contributed by atoms with van der Waals surface area (Å²) in [5.74, 6) is -2.88. The van der Waals surface area contributed by atoms with Crippen molar-refractivity contribution in [1.29, 1.82) is 0 Å². The predicted octanol–water partition coefficient (Wildman–Crippen LogP) is 2.66. The molecule has 1 aliphatic heterocycles. The number of halogens is 2. The van der Waals surface area contributed by atoms with Gasteiger partial charge in [0.25, 0.3) is 5.92 Å². The van der Waals surface area contributed by atoms with Crippen LogP contribution in [0, 0.1) is 6.92 Å². The second-order valence-electron chi connectivity index (χ2n) is 6.59. The minimum Gasteiger partial charge on any atom is -0.323 e. The molecule has 0 radical (unpaired) electrons. The topological polar surface area (TPSA) is 110 Å². The third kappa shape index (κ3) is 3.62. The molecule has 3 N–H and O–H groups in total. The van der Waals surface area contributed by atoms with Crippen molar-refractivity contribution in [1.82, 2.24) is 25.1 Å². The van der Waals surface area contributed by atoms with Gasteiger partial charge in [-0.25, -0.2) is 23.5 Å². The van der Waals surface area contributed by atoms with Crippen LogP contribution in [0.15, 0.2) is 24.4 Å². The maximum absolute atomic E-state index is 13.8. The first kappa shape index (κ1) is 18.6. The molecular formula is C17H17F2N7OS. The number of alkyl halides is 2. The fourth-order valence-corrected chi connectivity index (χ4v) is 3.58. The molecule has 0 spiro atoms. The highest BCUT2D eigenvalue weighted by Gasteiger charge is 2.43. The summed E-state index contributed by atoms with van der Waals surface area (Å²) in [5.41, 5.74) is 6.67.